The lowest BCUT2D eigenvalue weighted by Crippen LogP contribution is -2.25. The molecule has 0 atom stereocenters. The van der Waals surface area contributed by atoms with Gasteiger partial charge in [-0.2, -0.15) is 5.10 Å². The number of hydrazone groups is 1. The van der Waals surface area contributed by atoms with Crippen LogP contribution >= 0.6 is 11.3 Å². The van der Waals surface area contributed by atoms with Crippen molar-refractivity contribution in [2.75, 3.05) is 6.61 Å². The summed E-state index contributed by atoms with van der Waals surface area (Å²) in [6.07, 6.45) is 0. The van der Waals surface area contributed by atoms with Gasteiger partial charge in [-0.3, -0.25) is 4.79 Å². The molecule has 2 aromatic rings. The van der Waals surface area contributed by atoms with Gasteiger partial charge in [0.1, 0.15) is 5.75 Å². The van der Waals surface area contributed by atoms with Crippen molar-refractivity contribution in [1.82, 2.24) is 5.43 Å². The molecule has 0 saturated heterocycles. The second kappa shape index (κ2) is 7.04. The highest BCUT2D eigenvalue weighted by molar-refractivity contribution is 7.12. The van der Waals surface area contributed by atoms with Crippen molar-refractivity contribution in [2.45, 2.75) is 20.8 Å². The maximum atomic E-state index is 11.7. The summed E-state index contributed by atoms with van der Waals surface area (Å²) < 4.78 is 5.47. The lowest BCUT2D eigenvalue weighted by Gasteiger charge is -2.07. The molecular formula is C16H18N2O2S. The number of nitrogens with zero attached hydrogens (tertiary/aromatic N) is 1. The van der Waals surface area contributed by atoms with Gasteiger partial charge in [-0.1, -0.05) is 12.1 Å². The first-order chi connectivity index (χ1) is 10.0. The minimum Gasteiger partial charge on any atom is -0.484 e. The fraction of sp³-hybridized carbons (Fsp3) is 0.250. The highest BCUT2D eigenvalue weighted by atomic mass is 32.1. The van der Waals surface area contributed by atoms with Gasteiger partial charge in [-0.05, 0) is 55.5 Å². The van der Waals surface area contributed by atoms with E-state index in [2.05, 4.69) is 16.6 Å². The van der Waals surface area contributed by atoms with Crippen molar-refractivity contribution in [2.24, 2.45) is 5.10 Å². The van der Waals surface area contributed by atoms with Gasteiger partial charge < -0.3 is 4.74 Å². The molecule has 0 saturated carbocycles. The second-order valence-corrected chi connectivity index (χ2v) is 5.77. The topological polar surface area (TPSA) is 50.7 Å². The van der Waals surface area contributed by atoms with Crippen LogP contribution < -0.4 is 10.2 Å². The largest absolute Gasteiger partial charge is 0.484 e. The lowest BCUT2D eigenvalue weighted by molar-refractivity contribution is -0.123. The zero-order chi connectivity index (χ0) is 15.2. The number of ether oxygens (including phenoxy) is 1. The molecule has 0 fully saturated rings. The Bertz CT molecular complexity index is 628. The number of amides is 1. The van der Waals surface area contributed by atoms with Crippen molar-refractivity contribution in [1.29, 1.82) is 0 Å². The van der Waals surface area contributed by atoms with E-state index >= 15 is 0 Å². The van der Waals surface area contributed by atoms with Crippen molar-refractivity contribution >= 4 is 23.0 Å². The summed E-state index contributed by atoms with van der Waals surface area (Å²) in [5.41, 5.74) is 5.50. The van der Waals surface area contributed by atoms with Crippen LogP contribution in [0.3, 0.4) is 0 Å². The molecule has 0 spiro atoms. The standard InChI is InChI=1S/C16H18N2O2S/c1-11-7-12(2)9-14(8-11)20-10-16(19)18-17-13(3)15-5-4-6-21-15/h4-9H,10H2,1-3H3,(H,18,19)/b17-13-. The van der Waals surface area contributed by atoms with Crippen LogP contribution in [0.25, 0.3) is 0 Å². The first-order valence-corrected chi connectivity index (χ1v) is 7.50. The number of thiophene rings is 1. The van der Waals surface area contributed by atoms with Crippen molar-refractivity contribution < 1.29 is 9.53 Å². The van der Waals surface area contributed by atoms with Crippen molar-refractivity contribution in [3.8, 4) is 5.75 Å². The molecule has 1 heterocycles. The van der Waals surface area contributed by atoms with Gasteiger partial charge in [0.2, 0.25) is 0 Å². The summed E-state index contributed by atoms with van der Waals surface area (Å²) in [6.45, 7) is 5.80. The van der Waals surface area contributed by atoms with Crippen LogP contribution in [0, 0.1) is 13.8 Å². The number of benzene rings is 1. The van der Waals surface area contributed by atoms with Crippen LogP contribution in [0.5, 0.6) is 5.75 Å². The predicted molar refractivity (Wildman–Crippen MR) is 86.1 cm³/mol. The monoisotopic (exact) mass is 302 g/mol. The Kier molecular flexibility index (Phi) is 5.11. The highest BCUT2D eigenvalue weighted by Gasteiger charge is 2.04. The molecule has 0 radical (unpaired) electrons. The van der Waals surface area contributed by atoms with Gasteiger partial charge in [-0.25, -0.2) is 5.43 Å². The Balaban J connectivity index is 1.86. The Labute approximate surface area is 128 Å². The summed E-state index contributed by atoms with van der Waals surface area (Å²) in [6, 6.07) is 9.77. The van der Waals surface area contributed by atoms with Gasteiger partial charge in [-0.15, -0.1) is 11.3 Å². The number of carbonyl (C=O) groups is 1. The van der Waals surface area contributed by atoms with Gasteiger partial charge in [0.15, 0.2) is 6.61 Å². The molecule has 0 aliphatic carbocycles. The average Bonchev–Trinajstić information content (AvgIpc) is 2.95. The summed E-state index contributed by atoms with van der Waals surface area (Å²) in [4.78, 5) is 12.8. The fourth-order valence-corrected chi connectivity index (χ4v) is 2.56. The summed E-state index contributed by atoms with van der Waals surface area (Å²) in [7, 11) is 0. The van der Waals surface area contributed by atoms with E-state index in [0.29, 0.717) is 5.75 Å². The van der Waals surface area contributed by atoms with E-state index in [1.54, 1.807) is 11.3 Å². The average molecular weight is 302 g/mol. The molecule has 1 amide bonds. The lowest BCUT2D eigenvalue weighted by atomic mass is 10.1. The Morgan fingerprint density at radius 3 is 2.62 bits per heavy atom. The number of rotatable bonds is 5. The fourth-order valence-electron chi connectivity index (χ4n) is 1.88. The number of hydrogen-bond acceptors (Lipinski definition) is 4. The number of hydrogen-bond donors (Lipinski definition) is 1. The molecule has 1 aromatic carbocycles. The second-order valence-electron chi connectivity index (χ2n) is 4.82. The molecule has 21 heavy (non-hydrogen) atoms. The van der Waals surface area contributed by atoms with E-state index in [1.807, 2.05) is 50.4 Å². The van der Waals surface area contributed by atoms with Gasteiger partial charge in [0.05, 0.1) is 5.71 Å². The van der Waals surface area contributed by atoms with Crippen molar-refractivity contribution in [3.63, 3.8) is 0 Å². The molecule has 5 heteroatoms. The number of aryl methyl sites for hydroxylation is 2. The predicted octanol–water partition coefficient (Wildman–Crippen LogP) is 3.28. The Morgan fingerprint density at radius 1 is 1.29 bits per heavy atom. The molecule has 110 valence electrons. The molecule has 1 N–H and O–H groups in total. The van der Waals surface area contributed by atoms with E-state index in [9.17, 15) is 4.79 Å². The van der Waals surface area contributed by atoms with Crippen LogP contribution in [-0.4, -0.2) is 18.2 Å². The Hall–Kier alpha value is -2.14. The summed E-state index contributed by atoms with van der Waals surface area (Å²) in [5, 5.41) is 6.03. The summed E-state index contributed by atoms with van der Waals surface area (Å²) >= 11 is 1.58. The normalized spacial score (nSPS) is 11.3. The third kappa shape index (κ3) is 4.72. The quantitative estimate of drug-likeness (QED) is 0.680. The first-order valence-electron chi connectivity index (χ1n) is 6.62. The molecule has 0 unspecified atom stereocenters. The van der Waals surface area contributed by atoms with E-state index in [4.69, 9.17) is 4.74 Å². The van der Waals surface area contributed by atoms with Crippen LogP contribution in [0.2, 0.25) is 0 Å². The molecule has 0 aliphatic rings. The zero-order valence-electron chi connectivity index (χ0n) is 12.3. The van der Waals surface area contributed by atoms with Crippen LogP contribution in [-0.2, 0) is 4.79 Å². The Morgan fingerprint density at radius 2 is 2.00 bits per heavy atom. The molecular weight excluding hydrogens is 284 g/mol. The minimum absolute atomic E-state index is 0.0515. The summed E-state index contributed by atoms with van der Waals surface area (Å²) in [5.74, 6) is 0.423. The number of carbonyl (C=O) groups excluding carboxylic acids is 1. The SMILES string of the molecule is C/C(=N/NC(=O)COc1cc(C)cc(C)c1)c1cccs1. The van der Waals surface area contributed by atoms with E-state index in [1.165, 1.54) is 0 Å². The van der Waals surface area contributed by atoms with Crippen LogP contribution in [0.4, 0.5) is 0 Å². The van der Waals surface area contributed by atoms with E-state index in [-0.39, 0.29) is 12.5 Å². The van der Waals surface area contributed by atoms with E-state index < -0.39 is 0 Å². The smallest absolute Gasteiger partial charge is 0.277 e. The molecule has 4 nitrogen and oxygen atoms in total. The highest BCUT2D eigenvalue weighted by Crippen LogP contribution is 2.16. The third-order valence-electron chi connectivity index (χ3n) is 2.79. The number of nitrogens with one attached hydrogen (secondary N) is 1. The maximum Gasteiger partial charge on any atom is 0.277 e. The zero-order valence-corrected chi connectivity index (χ0v) is 13.2. The molecule has 0 bridgehead atoms. The molecule has 2 rings (SSSR count). The van der Waals surface area contributed by atoms with Gasteiger partial charge in [0, 0.05) is 4.88 Å². The van der Waals surface area contributed by atoms with Gasteiger partial charge in [0.25, 0.3) is 5.91 Å². The molecule has 1 aromatic heterocycles. The van der Waals surface area contributed by atoms with E-state index in [0.717, 1.165) is 21.7 Å². The molecule has 0 aliphatic heterocycles. The third-order valence-corrected chi connectivity index (χ3v) is 3.77. The minimum atomic E-state index is -0.273. The van der Waals surface area contributed by atoms with Gasteiger partial charge >= 0.3 is 0 Å². The van der Waals surface area contributed by atoms with Crippen molar-refractivity contribution in [3.05, 3.63) is 51.7 Å². The first kappa shape index (κ1) is 15.3. The maximum absolute atomic E-state index is 11.7. The van der Waals surface area contributed by atoms with Crippen LogP contribution in [0.1, 0.15) is 22.9 Å². The van der Waals surface area contributed by atoms with Crippen LogP contribution in [0.15, 0.2) is 40.8 Å².